The molecule has 0 bridgehead atoms. The highest BCUT2D eigenvalue weighted by Gasteiger charge is 2.19. The molecule has 0 atom stereocenters. The van der Waals surface area contributed by atoms with Crippen LogP contribution in [-0.2, 0) is 0 Å². The third kappa shape index (κ3) is 2.44. The second-order valence-corrected chi connectivity index (χ2v) is 3.87. The minimum Gasteiger partial charge on any atom is -0.475 e. The lowest BCUT2D eigenvalue weighted by molar-refractivity contribution is 0.0652. The Hall–Kier alpha value is -2.31. The number of hydrogen-bond donors (Lipinski definition) is 1. The van der Waals surface area contributed by atoms with Gasteiger partial charge < -0.3 is 9.63 Å². The van der Waals surface area contributed by atoms with Crippen molar-refractivity contribution in [3.05, 3.63) is 40.9 Å². The van der Waals surface area contributed by atoms with Crippen molar-refractivity contribution in [3.8, 4) is 11.3 Å². The van der Waals surface area contributed by atoms with E-state index in [2.05, 4.69) is 9.68 Å². The average Bonchev–Trinajstić information content (AvgIpc) is 2.76. The van der Waals surface area contributed by atoms with Crippen LogP contribution in [0, 0.1) is 12.7 Å². The number of carbonyl (C=O) groups is 1. The molecule has 0 aliphatic heterocycles. The molecule has 19 heavy (non-hydrogen) atoms. The second-order valence-electron chi connectivity index (χ2n) is 3.87. The number of carboxylic acid groups (broad SMARTS) is 1. The highest BCUT2D eigenvalue weighted by atomic mass is 19.3. The number of nitrogens with zero attached hydrogens (tertiary/aromatic N) is 1. The Kier molecular flexibility index (Phi) is 3.28. The number of benzene rings is 1. The molecule has 0 spiro atoms. The van der Waals surface area contributed by atoms with Crippen molar-refractivity contribution in [2.75, 3.05) is 0 Å². The van der Waals surface area contributed by atoms with Crippen LogP contribution in [0.1, 0.15) is 28.1 Å². The lowest BCUT2D eigenvalue weighted by Gasteiger charge is -2.07. The summed E-state index contributed by atoms with van der Waals surface area (Å²) < 4.78 is 43.2. The third-order valence-electron chi connectivity index (χ3n) is 2.57. The van der Waals surface area contributed by atoms with Gasteiger partial charge in [0.2, 0.25) is 5.76 Å². The van der Waals surface area contributed by atoms with Crippen LogP contribution in [0.25, 0.3) is 11.3 Å². The minimum atomic E-state index is -2.92. The van der Waals surface area contributed by atoms with Crippen LogP contribution in [0.3, 0.4) is 0 Å². The highest BCUT2D eigenvalue weighted by Crippen LogP contribution is 2.30. The summed E-state index contributed by atoms with van der Waals surface area (Å²) in [5, 5.41) is 12.1. The summed E-state index contributed by atoms with van der Waals surface area (Å²) in [7, 11) is 0. The molecule has 100 valence electrons. The van der Waals surface area contributed by atoms with Crippen LogP contribution < -0.4 is 0 Å². The molecule has 0 saturated heterocycles. The molecule has 0 aliphatic carbocycles. The molecule has 2 aromatic rings. The van der Waals surface area contributed by atoms with Gasteiger partial charge in [-0.1, -0.05) is 5.16 Å². The molecule has 2 rings (SSSR count). The number of aromatic nitrogens is 1. The van der Waals surface area contributed by atoms with Crippen LogP contribution in [0.15, 0.2) is 22.7 Å². The van der Waals surface area contributed by atoms with Crippen molar-refractivity contribution in [2.24, 2.45) is 0 Å². The summed E-state index contributed by atoms with van der Waals surface area (Å²) in [6, 6.07) is 3.27. The van der Waals surface area contributed by atoms with E-state index in [1.165, 1.54) is 13.0 Å². The molecule has 0 amide bonds. The summed E-state index contributed by atoms with van der Waals surface area (Å²) in [4.78, 5) is 10.6. The fourth-order valence-corrected chi connectivity index (χ4v) is 1.69. The van der Waals surface area contributed by atoms with Crippen molar-refractivity contribution < 1.29 is 27.6 Å². The van der Waals surface area contributed by atoms with Crippen LogP contribution in [0.5, 0.6) is 0 Å². The molecule has 1 heterocycles. The zero-order chi connectivity index (χ0) is 14.2. The van der Waals surface area contributed by atoms with E-state index in [0.29, 0.717) is 0 Å². The lowest BCUT2D eigenvalue weighted by Crippen LogP contribution is -1.96. The largest absolute Gasteiger partial charge is 0.475 e. The normalized spacial score (nSPS) is 11.0. The first-order valence-corrected chi connectivity index (χ1v) is 5.18. The van der Waals surface area contributed by atoms with Gasteiger partial charge in [0.15, 0.2) is 0 Å². The van der Waals surface area contributed by atoms with E-state index in [-0.39, 0.29) is 16.8 Å². The fourth-order valence-electron chi connectivity index (χ4n) is 1.69. The zero-order valence-corrected chi connectivity index (χ0v) is 9.65. The summed E-state index contributed by atoms with van der Waals surface area (Å²) >= 11 is 0. The van der Waals surface area contributed by atoms with Crippen molar-refractivity contribution in [3.63, 3.8) is 0 Å². The van der Waals surface area contributed by atoms with Gasteiger partial charge >= 0.3 is 5.97 Å². The van der Waals surface area contributed by atoms with E-state index in [1.54, 1.807) is 0 Å². The third-order valence-corrected chi connectivity index (χ3v) is 2.57. The molecule has 0 aliphatic rings. The molecular weight excluding hydrogens is 263 g/mol. The Labute approximate surface area is 105 Å². The molecule has 0 fully saturated rings. The Balaban J connectivity index is 2.48. The van der Waals surface area contributed by atoms with Crippen LogP contribution >= 0.6 is 0 Å². The Morgan fingerprint density at radius 3 is 2.53 bits per heavy atom. The maximum Gasteiger partial charge on any atom is 0.374 e. The van der Waals surface area contributed by atoms with E-state index in [9.17, 15) is 18.0 Å². The molecule has 0 unspecified atom stereocenters. The first-order chi connectivity index (χ1) is 8.90. The van der Waals surface area contributed by atoms with E-state index >= 15 is 0 Å². The van der Waals surface area contributed by atoms with Gasteiger partial charge in [0.25, 0.3) is 6.43 Å². The molecule has 1 N–H and O–H groups in total. The molecule has 0 saturated carbocycles. The SMILES string of the molecule is Cc1cc(-c2cc(C(=O)O)on2)cc(F)c1C(F)F. The summed E-state index contributed by atoms with van der Waals surface area (Å²) in [5.74, 6) is -2.80. The lowest BCUT2D eigenvalue weighted by atomic mass is 10.0. The Morgan fingerprint density at radius 2 is 2.05 bits per heavy atom. The summed E-state index contributed by atoms with van der Waals surface area (Å²) in [6.07, 6.45) is -2.92. The van der Waals surface area contributed by atoms with Crippen molar-refractivity contribution >= 4 is 5.97 Å². The standard InChI is InChI=1S/C12H8F3NO3/c1-5-2-6(3-7(13)10(5)11(14)15)8-4-9(12(17)18)19-16-8/h2-4,11H,1H3,(H,17,18). The molecule has 4 nitrogen and oxygen atoms in total. The number of aryl methyl sites for hydroxylation is 1. The Morgan fingerprint density at radius 1 is 1.37 bits per heavy atom. The molecule has 7 heteroatoms. The van der Waals surface area contributed by atoms with Gasteiger partial charge in [-0.25, -0.2) is 18.0 Å². The van der Waals surface area contributed by atoms with Gasteiger partial charge in [-0.05, 0) is 24.6 Å². The molecule has 1 aromatic heterocycles. The van der Waals surface area contributed by atoms with Crippen molar-refractivity contribution in [1.29, 1.82) is 0 Å². The van der Waals surface area contributed by atoms with E-state index < -0.39 is 29.5 Å². The maximum absolute atomic E-state index is 13.6. The molecular formula is C12H8F3NO3. The van der Waals surface area contributed by atoms with E-state index in [4.69, 9.17) is 5.11 Å². The smallest absolute Gasteiger partial charge is 0.374 e. The number of carboxylic acids is 1. The summed E-state index contributed by atoms with van der Waals surface area (Å²) in [5.41, 5.74) is -0.369. The Bertz CT molecular complexity index is 614. The predicted octanol–water partition coefficient (Wildman–Crippen LogP) is 3.42. The van der Waals surface area contributed by atoms with Gasteiger partial charge in [-0.2, -0.15) is 0 Å². The van der Waals surface area contributed by atoms with Crippen LogP contribution in [0.2, 0.25) is 0 Å². The number of hydrogen-bond acceptors (Lipinski definition) is 3. The quantitative estimate of drug-likeness (QED) is 0.928. The second kappa shape index (κ2) is 4.75. The predicted molar refractivity (Wildman–Crippen MR) is 58.6 cm³/mol. The zero-order valence-electron chi connectivity index (χ0n) is 9.65. The van der Waals surface area contributed by atoms with Crippen LogP contribution in [-0.4, -0.2) is 16.2 Å². The first-order valence-electron chi connectivity index (χ1n) is 5.18. The minimum absolute atomic E-state index is 0.0601. The van der Waals surface area contributed by atoms with Gasteiger partial charge in [-0.15, -0.1) is 0 Å². The number of alkyl halides is 2. The number of aromatic carboxylic acids is 1. The van der Waals surface area contributed by atoms with Crippen LogP contribution in [0.4, 0.5) is 13.2 Å². The van der Waals surface area contributed by atoms with Crippen molar-refractivity contribution in [2.45, 2.75) is 13.3 Å². The first kappa shape index (κ1) is 13.1. The highest BCUT2D eigenvalue weighted by molar-refractivity contribution is 5.85. The topological polar surface area (TPSA) is 63.3 Å². The van der Waals surface area contributed by atoms with Crippen molar-refractivity contribution in [1.82, 2.24) is 5.16 Å². The maximum atomic E-state index is 13.6. The fraction of sp³-hybridized carbons (Fsp3) is 0.167. The average molecular weight is 271 g/mol. The number of rotatable bonds is 3. The van der Waals surface area contributed by atoms with E-state index in [1.807, 2.05) is 0 Å². The number of halogens is 3. The molecule has 0 radical (unpaired) electrons. The van der Waals surface area contributed by atoms with Gasteiger partial charge in [0, 0.05) is 11.6 Å². The van der Waals surface area contributed by atoms with Gasteiger partial charge in [-0.3, -0.25) is 0 Å². The monoisotopic (exact) mass is 271 g/mol. The van der Waals surface area contributed by atoms with Gasteiger partial charge in [0.05, 0.1) is 5.56 Å². The summed E-state index contributed by atoms with van der Waals surface area (Å²) in [6.45, 7) is 1.34. The molecule has 1 aromatic carbocycles. The van der Waals surface area contributed by atoms with E-state index in [0.717, 1.165) is 12.1 Å². The van der Waals surface area contributed by atoms with Gasteiger partial charge in [0.1, 0.15) is 11.5 Å².